The van der Waals surface area contributed by atoms with Crippen molar-refractivity contribution in [2.24, 2.45) is 11.8 Å². The first-order valence-corrected chi connectivity index (χ1v) is 6.72. The molecule has 1 fully saturated rings. The molecule has 114 valence electrons. The van der Waals surface area contributed by atoms with Crippen LogP contribution in [-0.2, 0) is 4.79 Å². The smallest absolute Gasteiger partial charge is 0.306 e. The third kappa shape index (κ3) is 2.94. The first kappa shape index (κ1) is 15.2. The van der Waals surface area contributed by atoms with Crippen LogP contribution in [0.15, 0.2) is 18.2 Å². The molecule has 1 unspecified atom stereocenters. The van der Waals surface area contributed by atoms with E-state index in [-0.39, 0.29) is 11.8 Å². The van der Waals surface area contributed by atoms with Crippen LogP contribution in [0.25, 0.3) is 0 Å². The van der Waals surface area contributed by atoms with Crippen LogP contribution in [0, 0.1) is 11.8 Å². The second-order valence-corrected chi connectivity index (χ2v) is 5.17. The Hall–Kier alpha value is -2.24. The third-order valence-electron chi connectivity index (χ3n) is 3.92. The lowest BCUT2D eigenvalue weighted by Gasteiger charge is -2.41. The van der Waals surface area contributed by atoms with Crippen molar-refractivity contribution in [3.8, 4) is 11.5 Å². The van der Waals surface area contributed by atoms with Gasteiger partial charge in [0.25, 0.3) is 5.91 Å². The number of amides is 1. The Kier molecular flexibility index (Phi) is 4.35. The molecule has 1 aromatic rings. The second kappa shape index (κ2) is 6.03. The fraction of sp³-hybridized carbons (Fsp3) is 0.467. The Labute approximate surface area is 123 Å². The average Bonchev–Trinajstić information content (AvgIpc) is 2.44. The predicted octanol–water partition coefficient (Wildman–Crippen LogP) is 1.50. The van der Waals surface area contributed by atoms with E-state index in [0.717, 1.165) is 0 Å². The molecule has 1 saturated heterocycles. The number of likely N-dealkylation sites (tertiary alicyclic amines) is 1. The number of rotatable bonds is 5. The number of nitrogens with zero attached hydrogens (tertiary/aromatic N) is 1. The molecule has 1 aromatic carbocycles. The van der Waals surface area contributed by atoms with Crippen LogP contribution in [0.1, 0.15) is 17.3 Å². The standard InChI is InChI=1S/C15H19NO5/c1-9(15(18)19)11-7-16(8-11)14(17)10-4-5-12(20-2)13(6-10)21-3/h4-6,9,11H,7-8H2,1-3H3,(H,18,19). The second-order valence-electron chi connectivity index (χ2n) is 5.17. The molecule has 0 saturated carbocycles. The number of ether oxygens (including phenoxy) is 2. The van der Waals surface area contributed by atoms with Crippen molar-refractivity contribution in [1.82, 2.24) is 4.90 Å². The van der Waals surface area contributed by atoms with Crippen molar-refractivity contribution in [1.29, 1.82) is 0 Å². The summed E-state index contributed by atoms with van der Waals surface area (Å²) >= 11 is 0. The van der Waals surface area contributed by atoms with Gasteiger partial charge in [0.15, 0.2) is 11.5 Å². The van der Waals surface area contributed by atoms with Crippen molar-refractivity contribution in [3.05, 3.63) is 23.8 Å². The maximum Gasteiger partial charge on any atom is 0.306 e. The Morgan fingerprint density at radius 1 is 1.24 bits per heavy atom. The molecule has 0 radical (unpaired) electrons. The highest BCUT2D eigenvalue weighted by molar-refractivity contribution is 5.95. The van der Waals surface area contributed by atoms with Gasteiger partial charge in [0.2, 0.25) is 0 Å². The SMILES string of the molecule is COc1ccc(C(=O)N2CC(C(C)C(=O)O)C2)cc1OC. The molecule has 2 rings (SSSR count). The quantitative estimate of drug-likeness (QED) is 0.890. The Morgan fingerprint density at radius 2 is 1.86 bits per heavy atom. The minimum absolute atomic E-state index is 0.0200. The van der Waals surface area contributed by atoms with Crippen LogP contribution in [0.2, 0.25) is 0 Å². The predicted molar refractivity (Wildman–Crippen MR) is 75.7 cm³/mol. The number of carbonyl (C=O) groups excluding carboxylic acids is 1. The number of aliphatic carboxylic acids is 1. The molecule has 0 bridgehead atoms. The highest BCUT2D eigenvalue weighted by Gasteiger charge is 2.37. The van der Waals surface area contributed by atoms with Crippen molar-refractivity contribution in [2.75, 3.05) is 27.3 Å². The summed E-state index contributed by atoms with van der Waals surface area (Å²) in [5.74, 6) is -0.289. The van der Waals surface area contributed by atoms with Gasteiger partial charge in [-0.3, -0.25) is 9.59 Å². The number of hydrogen-bond donors (Lipinski definition) is 1. The Morgan fingerprint density at radius 3 is 2.38 bits per heavy atom. The van der Waals surface area contributed by atoms with E-state index >= 15 is 0 Å². The van der Waals surface area contributed by atoms with Crippen LogP contribution in [0.5, 0.6) is 11.5 Å². The van der Waals surface area contributed by atoms with E-state index in [4.69, 9.17) is 14.6 Å². The van der Waals surface area contributed by atoms with Crippen molar-refractivity contribution in [3.63, 3.8) is 0 Å². The van der Waals surface area contributed by atoms with Gasteiger partial charge >= 0.3 is 5.97 Å². The third-order valence-corrected chi connectivity index (χ3v) is 3.92. The normalized spacial score (nSPS) is 16.0. The van der Waals surface area contributed by atoms with Crippen molar-refractivity contribution >= 4 is 11.9 Å². The fourth-order valence-electron chi connectivity index (χ4n) is 2.35. The van der Waals surface area contributed by atoms with E-state index in [9.17, 15) is 9.59 Å². The fourth-order valence-corrected chi connectivity index (χ4v) is 2.35. The van der Waals surface area contributed by atoms with Gasteiger partial charge < -0.3 is 19.5 Å². The lowest BCUT2D eigenvalue weighted by molar-refractivity contribution is -0.144. The maximum absolute atomic E-state index is 12.3. The van der Waals surface area contributed by atoms with Crippen LogP contribution < -0.4 is 9.47 Å². The number of methoxy groups -OCH3 is 2. The zero-order valence-corrected chi connectivity index (χ0v) is 12.3. The van der Waals surface area contributed by atoms with Gasteiger partial charge in [-0.1, -0.05) is 6.92 Å². The molecule has 1 N–H and O–H groups in total. The summed E-state index contributed by atoms with van der Waals surface area (Å²) in [7, 11) is 3.05. The molecular formula is C15H19NO5. The van der Waals surface area contributed by atoms with E-state index in [0.29, 0.717) is 30.2 Å². The van der Waals surface area contributed by atoms with E-state index in [1.54, 1.807) is 30.0 Å². The molecule has 1 heterocycles. The Bertz CT molecular complexity index is 551. The van der Waals surface area contributed by atoms with Crippen molar-refractivity contribution < 1.29 is 24.2 Å². The molecule has 21 heavy (non-hydrogen) atoms. The van der Waals surface area contributed by atoms with Gasteiger partial charge in [0.1, 0.15) is 0 Å². The summed E-state index contributed by atoms with van der Waals surface area (Å²) < 4.78 is 10.3. The lowest BCUT2D eigenvalue weighted by Crippen LogP contribution is -2.53. The maximum atomic E-state index is 12.3. The van der Waals surface area contributed by atoms with Crippen LogP contribution in [-0.4, -0.2) is 49.2 Å². The van der Waals surface area contributed by atoms with E-state index in [1.165, 1.54) is 14.2 Å². The van der Waals surface area contributed by atoms with Crippen LogP contribution >= 0.6 is 0 Å². The monoisotopic (exact) mass is 293 g/mol. The highest BCUT2D eigenvalue weighted by atomic mass is 16.5. The zero-order chi connectivity index (χ0) is 15.6. The van der Waals surface area contributed by atoms with Crippen molar-refractivity contribution in [2.45, 2.75) is 6.92 Å². The number of carboxylic acids is 1. The van der Waals surface area contributed by atoms with Crippen LogP contribution in [0.3, 0.4) is 0 Å². The molecule has 0 aliphatic carbocycles. The Balaban J connectivity index is 2.04. The average molecular weight is 293 g/mol. The first-order chi connectivity index (χ1) is 9.97. The van der Waals surface area contributed by atoms with Gasteiger partial charge in [0.05, 0.1) is 20.1 Å². The summed E-state index contributed by atoms with van der Waals surface area (Å²) in [6.07, 6.45) is 0. The minimum Gasteiger partial charge on any atom is -0.493 e. The summed E-state index contributed by atoms with van der Waals surface area (Å²) in [5.41, 5.74) is 0.508. The number of carbonyl (C=O) groups is 2. The van der Waals surface area contributed by atoms with Crippen LogP contribution in [0.4, 0.5) is 0 Å². The minimum atomic E-state index is -0.821. The molecule has 0 spiro atoms. The molecule has 6 nitrogen and oxygen atoms in total. The van der Waals surface area contributed by atoms with Gasteiger partial charge in [-0.2, -0.15) is 0 Å². The molecule has 1 atom stereocenters. The number of benzene rings is 1. The summed E-state index contributed by atoms with van der Waals surface area (Å²) in [4.78, 5) is 24.9. The lowest BCUT2D eigenvalue weighted by atomic mass is 9.86. The van der Waals surface area contributed by atoms with E-state index in [1.807, 2.05) is 0 Å². The van der Waals surface area contributed by atoms with Gasteiger partial charge in [-0.15, -0.1) is 0 Å². The number of carboxylic acid groups (broad SMARTS) is 1. The highest BCUT2D eigenvalue weighted by Crippen LogP contribution is 2.30. The first-order valence-electron chi connectivity index (χ1n) is 6.72. The summed E-state index contributed by atoms with van der Waals surface area (Å²) in [6.45, 7) is 2.62. The van der Waals surface area contributed by atoms with E-state index in [2.05, 4.69) is 0 Å². The van der Waals surface area contributed by atoms with Gasteiger partial charge in [-0.25, -0.2) is 0 Å². The summed E-state index contributed by atoms with van der Waals surface area (Å²) in [6, 6.07) is 5.00. The number of hydrogen-bond acceptors (Lipinski definition) is 4. The zero-order valence-electron chi connectivity index (χ0n) is 12.3. The molecule has 6 heteroatoms. The molecule has 1 aliphatic heterocycles. The molecule has 0 aromatic heterocycles. The largest absolute Gasteiger partial charge is 0.493 e. The van der Waals surface area contributed by atoms with Gasteiger partial charge in [-0.05, 0) is 18.2 Å². The molecule has 1 aliphatic rings. The topological polar surface area (TPSA) is 76.1 Å². The van der Waals surface area contributed by atoms with Gasteiger partial charge in [0, 0.05) is 24.6 Å². The summed E-state index contributed by atoms with van der Waals surface area (Å²) in [5, 5.41) is 8.95. The molecular weight excluding hydrogens is 274 g/mol. The molecule has 1 amide bonds. The van der Waals surface area contributed by atoms with E-state index < -0.39 is 11.9 Å².